The minimum absolute atomic E-state index is 0.101. The van der Waals surface area contributed by atoms with Gasteiger partial charge in [-0.25, -0.2) is 4.98 Å². The van der Waals surface area contributed by atoms with Crippen molar-refractivity contribution in [1.82, 2.24) is 20.3 Å². The molecule has 1 amide bonds. The lowest BCUT2D eigenvalue weighted by Gasteiger charge is -2.13. The molecular formula is C16H18N4O2. The number of hydrogen-bond acceptors (Lipinski definition) is 4. The van der Waals surface area contributed by atoms with Gasteiger partial charge in [0, 0.05) is 23.2 Å². The summed E-state index contributed by atoms with van der Waals surface area (Å²) in [4.78, 5) is 23.6. The van der Waals surface area contributed by atoms with E-state index >= 15 is 0 Å². The Kier molecular flexibility index (Phi) is 3.44. The van der Waals surface area contributed by atoms with Crippen LogP contribution in [0.15, 0.2) is 35.3 Å². The molecule has 3 rings (SSSR count). The smallest absolute Gasteiger partial charge is 0.253 e. The van der Waals surface area contributed by atoms with Crippen molar-refractivity contribution >= 4 is 16.8 Å². The van der Waals surface area contributed by atoms with E-state index in [0.717, 1.165) is 16.7 Å². The third-order valence-electron chi connectivity index (χ3n) is 3.41. The summed E-state index contributed by atoms with van der Waals surface area (Å²) in [5.74, 6) is 1.09. The number of nitrogens with one attached hydrogen (secondary N) is 2. The zero-order valence-corrected chi connectivity index (χ0v) is 12.8. The highest BCUT2D eigenvalue weighted by Crippen LogP contribution is 2.22. The number of fused-ring (bicyclic) bond motifs is 1. The number of carbonyl (C=O) groups excluding carboxylic acids is 1. The predicted octanol–water partition coefficient (Wildman–Crippen LogP) is 2.78. The molecule has 0 unspecified atom stereocenters. The van der Waals surface area contributed by atoms with Crippen LogP contribution in [0.2, 0.25) is 0 Å². The van der Waals surface area contributed by atoms with Crippen LogP contribution in [0.5, 0.6) is 0 Å². The van der Waals surface area contributed by atoms with Gasteiger partial charge in [0.15, 0.2) is 0 Å². The first kappa shape index (κ1) is 14.3. The largest absolute Gasteiger partial charge is 0.443 e. The molecule has 0 radical (unpaired) electrons. The van der Waals surface area contributed by atoms with Gasteiger partial charge in [0.25, 0.3) is 5.91 Å². The summed E-state index contributed by atoms with van der Waals surface area (Å²) < 4.78 is 5.66. The normalized spacial score (nSPS) is 11.8. The maximum absolute atomic E-state index is 12.3. The zero-order chi connectivity index (χ0) is 15.7. The van der Waals surface area contributed by atoms with Gasteiger partial charge >= 0.3 is 0 Å². The number of hydrogen-bond donors (Lipinski definition) is 2. The maximum Gasteiger partial charge on any atom is 0.253 e. The number of pyridine rings is 1. The van der Waals surface area contributed by atoms with Gasteiger partial charge in [-0.1, -0.05) is 20.8 Å². The van der Waals surface area contributed by atoms with Crippen molar-refractivity contribution in [2.75, 3.05) is 0 Å². The number of H-pyrrole nitrogens is 1. The lowest BCUT2D eigenvalue weighted by molar-refractivity contribution is 0.0948. The molecule has 0 aliphatic carbocycles. The lowest BCUT2D eigenvalue weighted by atomic mass is 9.94. The molecule has 2 N–H and O–H groups in total. The highest BCUT2D eigenvalue weighted by Gasteiger charge is 2.19. The van der Waals surface area contributed by atoms with E-state index in [1.54, 1.807) is 24.8 Å². The third kappa shape index (κ3) is 2.72. The van der Waals surface area contributed by atoms with Gasteiger partial charge < -0.3 is 14.7 Å². The number of amides is 1. The zero-order valence-electron chi connectivity index (χ0n) is 12.8. The summed E-state index contributed by atoms with van der Waals surface area (Å²) in [6.07, 6.45) is 6.74. The minimum Gasteiger partial charge on any atom is -0.443 e. The van der Waals surface area contributed by atoms with E-state index in [2.05, 4.69) is 20.3 Å². The summed E-state index contributed by atoms with van der Waals surface area (Å²) in [7, 11) is 0. The first-order chi connectivity index (χ1) is 10.4. The van der Waals surface area contributed by atoms with E-state index in [-0.39, 0.29) is 17.9 Å². The average molecular weight is 298 g/mol. The molecule has 0 spiro atoms. The van der Waals surface area contributed by atoms with Crippen molar-refractivity contribution in [3.63, 3.8) is 0 Å². The Morgan fingerprint density at radius 2 is 2.14 bits per heavy atom. The molecule has 0 saturated heterocycles. The van der Waals surface area contributed by atoms with E-state index in [9.17, 15) is 4.79 Å². The van der Waals surface area contributed by atoms with E-state index in [4.69, 9.17) is 4.42 Å². The van der Waals surface area contributed by atoms with Gasteiger partial charge in [-0.3, -0.25) is 9.78 Å². The molecule has 0 fully saturated rings. The Labute approximate surface area is 128 Å². The predicted molar refractivity (Wildman–Crippen MR) is 82.5 cm³/mol. The fourth-order valence-corrected chi connectivity index (χ4v) is 2.15. The number of nitrogens with zero attached hydrogens (tertiary/aromatic N) is 2. The number of aromatic amines is 1. The summed E-state index contributed by atoms with van der Waals surface area (Å²) >= 11 is 0. The van der Waals surface area contributed by atoms with Crippen molar-refractivity contribution in [1.29, 1.82) is 0 Å². The van der Waals surface area contributed by atoms with Crippen molar-refractivity contribution < 1.29 is 9.21 Å². The van der Waals surface area contributed by atoms with Gasteiger partial charge in [0.05, 0.1) is 30.0 Å². The molecule has 3 heterocycles. The Bertz CT molecular complexity index is 811. The molecule has 0 saturated carbocycles. The molecule has 0 atom stereocenters. The maximum atomic E-state index is 12.3. The van der Waals surface area contributed by atoms with Crippen molar-refractivity contribution in [3.8, 4) is 0 Å². The van der Waals surface area contributed by atoms with Crippen molar-refractivity contribution in [2.45, 2.75) is 32.7 Å². The lowest BCUT2D eigenvalue weighted by Crippen LogP contribution is -2.23. The van der Waals surface area contributed by atoms with Gasteiger partial charge in [0.2, 0.25) is 5.89 Å². The van der Waals surface area contributed by atoms with Crippen LogP contribution in [0.1, 0.15) is 42.8 Å². The Morgan fingerprint density at radius 1 is 1.32 bits per heavy atom. The summed E-state index contributed by atoms with van der Waals surface area (Å²) in [5, 5.41) is 3.66. The second-order valence-electron chi connectivity index (χ2n) is 6.18. The van der Waals surface area contributed by atoms with Crippen LogP contribution in [0, 0.1) is 0 Å². The molecule has 6 nitrogen and oxygen atoms in total. The van der Waals surface area contributed by atoms with Crippen LogP contribution in [-0.4, -0.2) is 20.9 Å². The standard InChI is InChI=1S/C16H18N4O2/c1-16(2,3)13-8-19-14(22-13)9-20-15(21)11-6-17-7-12-10(11)4-5-18-12/h4-8,18H,9H2,1-3H3,(H,20,21). The average Bonchev–Trinajstić information content (AvgIpc) is 3.12. The number of aromatic nitrogens is 3. The second-order valence-corrected chi connectivity index (χ2v) is 6.18. The van der Waals surface area contributed by atoms with Gasteiger partial charge in [0.1, 0.15) is 5.76 Å². The van der Waals surface area contributed by atoms with Crippen molar-refractivity contribution in [3.05, 3.63) is 48.1 Å². The van der Waals surface area contributed by atoms with Gasteiger partial charge in [-0.05, 0) is 6.07 Å². The molecule has 0 bridgehead atoms. The minimum atomic E-state index is -0.201. The highest BCUT2D eigenvalue weighted by atomic mass is 16.4. The van der Waals surface area contributed by atoms with Crippen molar-refractivity contribution in [2.24, 2.45) is 0 Å². The van der Waals surface area contributed by atoms with E-state index in [1.165, 1.54) is 0 Å². The molecular weight excluding hydrogens is 280 g/mol. The topological polar surface area (TPSA) is 83.8 Å². The molecule has 114 valence electrons. The highest BCUT2D eigenvalue weighted by molar-refractivity contribution is 6.05. The molecule has 0 aromatic carbocycles. The molecule has 6 heteroatoms. The Hall–Kier alpha value is -2.63. The first-order valence-electron chi connectivity index (χ1n) is 7.09. The van der Waals surface area contributed by atoms with Crippen LogP contribution in [0.25, 0.3) is 10.9 Å². The van der Waals surface area contributed by atoms with Gasteiger partial charge in [-0.15, -0.1) is 0 Å². The quantitative estimate of drug-likeness (QED) is 0.778. The van der Waals surface area contributed by atoms with Crippen LogP contribution in [0.3, 0.4) is 0 Å². The Morgan fingerprint density at radius 3 is 2.86 bits per heavy atom. The molecule has 3 aromatic heterocycles. The fraction of sp³-hybridized carbons (Fsp3) is 0.312. The van der Waals surface area contributed by atoms with E-state index in [1.807, 2.05) is 26.8 Å². The molecule has 3 aromatic rings. The van der Waals surface area contributed by atoms with Crippen LogP contribution < -0.4 is 5.32 Å². The first-order valence-corrected chi connectivity index (χ1v) is 7.09. The third-order valence-corrected chi connectivity index (χ3v) is 3.41. The fourth-order valence-electron chi connectivity index (χ4n) is 2.15. The molecule has 0 aliphatic heterocycles. The monoisotopic (exact) mass is 298 g/mol. The number of carbonyl (C=O) groups is 1. The SMILES string of the molecule is CC(C)(C)c1cnc(CNC(=O)c2cncc3[nH]ccc23)o1. The number of oxazole rings is 1. The second kappa shape index (κ2) is 5.29. The number of rotatable bonds is 3. The summed E-state index contributed by atoms with van der Waals surface area (Å²) in [6.45, 7) is 6.40. The van der Waals surface area contributed by atoms with Gasteiger partial charge in [-0.2, -0.15) is 0 Å². The Balaban J connectivity index is 1.73. The summed E-state index contributed by atoms with van der Waals surface area (Å²) in [5.41, 5.74) is 1.26. The van der Waals surface area contributed by atoms with E-state index < -0.39 is 0 Å². The van der Waals surface area contributed by atoms with Crippen LogP contribution in [-0.2, 0) is 12.0 Å². The molecule has 22 heavy (non-hydrogen) atoms. The van der Waals surface area contributed by atoms with E-state index in [0.29, 0.717) is 11.5 Å². The van der Waals surface area contributed by atoms with Crippen LogP contribution in [0.4, 0.5) is 0 Å². The van der Waals surface area contributed by atoms with Crippen LogP contribution >= 0.6 is 0 Å². The molecule has 0 aliphatic rings. The summed E-state index contributed by atoms with van der Waals surface area (Å²) in [6, 6.07) is 1.86.